The van der Waals surface area contributed by atoms with Crippen LogP contribution >= 0.6 is 0 Å². The first-order chi connectivity index (χ1) is 29.3. The molecule has 1 fully saturated rings. The Morgan fingerprint density at radius 3 is 2.40 bits per heavy atom. The van der Waals surface area contributed by atoms with Gasteiger partial charge in [0.15, 0.2) is 0 Å². The fourth-order valence-electron chi connectivity index (χ4n) is 6.89. The quantitative estimate of drug-likeness (QED) is 0.104. The summed E-state index contributed by atoms with van der Waals surface area (Å²) >= 11 is 0. The predicted octanol–water partition coefficient (Wildman–Crippen LogP) is 8.38. The van der Waals surface area contributed by atoms with Gasteiger partial charge in [-0.2, -0.15) is 10.1 Å². The molecule has 8 rings (SSSR count). The molecule has 0 saturated carbocycles. The molecule has 0 aliphatic carbocycles. The van der Waals surface area contributed by atoms with Crippen LogP contribution in [0.4, 0.5) is 27.9 Å². The highest BCUT2D eigenvalue weighted by Crippen LogP contribution is 2.35. The number of amides is 3. The summed E-state index contributed by atoms with van der Waals surface area (Å²) < 4.78 is 19.0. The lowest BCUT2D eigenvalue weighted by molar-refractivity contribution is 0.0338. The van der Waals surface area contributed by atoms with Crippen molar-refractivity contribution in [3.63, 3.8) is 0 Å². The van der Waals surface area contributed by atoms with Gasteiger partial charge in [0.2, 0.25) is 11.8 Å². The highest BCUT2D eigenvalue weighted by molar-refractivity contribution is 6.07. The third-order valence-corrected chi connectivity index (χ3v) is 10.1. The van der Waals surface area contributed by atoms with Crippen LogP contribution in [0.15, 0.2) is 128 Å². The van der Waals surface area contributed by atoms with Crippen molar-refractivity contribution in [3.8, 4) is 34.3 Å². The number of fused-ring (bicyclic) bond motifs is 1. The second kappa shape index (κ2) is 18.1. The minimum atomic E-state index is -0.435. The molecule has 0 bridgehead atoms. The average Bonchev–Trinajstić information content (AvgIpc) is 3.70. The summed E-state index contributed by atoms with van der Waals surface area (Å²) in [6.45, 7) is 6.50. The van der Waals surface area contributed by atoms with Crippen LogP contribution in [-0.4, -0.2) is 95.0 Å². The first-order valence-electron chi connectivity index (χ1n) is 19.6. The van der Waals surface area contributed by atoms with Crippen LogP contribution in [-0.2, 0) is 4.74 Å². The Hall–Kier alpha value is -7.29. The molecule has 0 spiro atoms. The van der Waals surface area contributed by atoms with E-state index in [1.54, 1.807) is 66.3 Å². The SMILES string of the molecule is COc1cc(Nc2nccc(Oc3ccc(NC(=O)Nc4cc(-c5ccccc5)nn4-c4ccc(C)cc4)c4ccccc34)n2)cc(C(=O)N(C)CCN2CCOCC2)c1. The molecular formula is C46H45N9O5. The van der Waals surface area contributed by atoms with Gasteiger partial charge in [0.05, 0.1) is 37.4 Å². The zero-order valence-electron chi connectivity index (χ0n) is 33.6. The van der Waals surface area contributed by atoms with E-state index in [1.807, 2.05) is 91.9 Å². The molecule has 3 amide bonds. The Morgan fingerprint density at radius 1 is 0.850 bits per heavy atom. The number of nitrogens with one attached hydrogen (secondary N) is 3. The normalized spacial score (nSPS) is 12.8. The van der Waals surface area contributed by atoms with E-state index in [9.17, 15) is 9.59 Å². The van der Waals surface area contributed by atoms with Crippen LogP contribution in [0, 0.1) is 6.92 Å². The molecule has 3 N–H and O–H groups in total. The largest absolute Gasteiger partial charge is 0.497 e. The monoisotopic (exact) mass is 803 g/mol. The molecule has 2 aromatic heterocycles. The number of carbonyl (C=O) groups excluding carboxylic acids is 2. The van der Waals surface area contributed by atoms with Gasteiger partial charge in [-0.1, -0.05) is 72.3 Å². The smallest absolute Gasteiger partial charge is 0.324 e. The van der Waals surface area contributed by atoms with Crippen molar-refractivity contribution >= 4 is 45.9 Å². The second-order valence-electron chi connectivity index (χ2n) is 14.3. The summed E-state index contributed by atoms with van der Waals surface area (Å²) in [6.07, 6.45) is 1.59. The molecule has 3 heterocycles. The number of urea groups is 1. The fraction of sp³-hybridized carbons (Fsp3) is 0.196. The number of aromatic nitrogens is 4. The Kier molecular flexibility index (Phi) is 11.9. The number of nitrogens with zero attached hydrogens (tertiary/aromatic N) is 6. The van der Waals surface area contributed by atoms with Gasteiger partial charge in [-0.15, -0.1) is 0 Å². The molecule has 5 aromatic carbocycles. The first kappa shape index (κ1) is 39.5. The van der Waals surface area contributed by atoms with Crippen molar-refractivity contribution in [3.05, 3.63) is 139 Å². The summed E-state index contributed by atoms with van der Waals surface area (Å²) in [7, 11) is 3.35. The van der Waals surface area contributed by atoms with Crippen molar-refractivity contribution in [1.82, 2.24) is 29.5 Å². The van der Waals surface area contributed by atoms with Crippen molar-refractivity contribution in [1.29, 1.82) is 0 Å². The molecule has 14 heteroatoms. The average molecular weight is 804 g/mol. The van der Waals surface area contributed by atoms with Crippen LogP contribution in [0.5, 0.6) is 17.4 Å². The molecule has 1 saturated heterocycles. The number of morpholine rings is 1. The molecule has 60 heavy (non-hydrogen) atoms. The highest BCUT2D eigenvalue weighted by Gasteiger charge is 2.19. The van der Waals surface area contributed by atoms with Gasteiger partial charge in [-0.05, 0) is 43.3 Å². The molecule has 14 nitrogen and oxygen atoms in total. The molecule has 304 valence electrons. The minimum absolute atomic E-state index is 0.128. The molecule has 0 atom stereocenters. The lowest BCUT2D eigenvalue weighted by Gasteiger charge is -2.28. The summed E-state index contributed by atoms with van der Waals surface area (Å²) in [5.41, 5.74) is 5.22. The Balaban J connectivity index is 0.972. The third-order valence-electron chi connectivity index (χ3n) is 10.1. The topological polar surface area (TPSA) is 148 Å². The van der Waals surface area contributed by atoms with Gasteiger partial charge in [0, 0.05) is 85.2 Å². The number of rotatable bonds is 13. The Bertz CT molecular complexity index is 2610. The highest BCUT2D eigenvalue weighted by atomic mass is 16.5. The Labute approximate surface area is 347 Å². The van der Waals surface area contributed by atoms with Gasteiger partial charge >= 0.3 is 6.03 Å². The zero-order valence-corrected chi connectivity index (χ0v) is 33.6. The van der Waals surface area contributed by atoms with Crippen molar-refractivity contribution < 1.29 is 23.8 Å². The van der Waals surface area contributed by atoms with E-state index in [0.29, 0.717) is 54.0 Å². The lowest BCUT2D eigenvalue weighted by atomic mass is 10.1. The fourth-order valence-corrected chi connectivity index (χ4v) is 6.89. The van der Waals surface area contributed by atoms with E-state index < -0.39 is 6.03 Å². The number of likely N-dealkylation sites (N-methyl/N-ethyl adjacent to an activating group) is 1. The van der Waals surface area contributed by atoms with Gasteiger partial charge in [0.25, 0.3) is 5.91 Å². The maximum Gasteiger partial charge on any atom is 0.324 e. The van der Waals surface area contributed by atoms with E-state index in [4.69, 9.17) is 19.3 Å². The number of ether oxygens (including phenoxy) is 3. The van der Waals surface area contributed by atoms with Crippen LogP contribution in [0.1, 0.15) is 15.9 Å². The van der Waals surface area contributed by atoms with Crippen molar-refractivity contribution in [2.45, 2.75) is 6.92 Å². The van der Waals surface area contributed by atoms with Crippen molar-refractivity contribution in [2.24, 2.45) is 0 Å². The van der Waals surface area contributed by atoms with E-state index in [-0.39, 0.29) is 17.7 Å². The van der Waals surface area contributed by atoms with E-state index in [2.05, 4.69) is 30.8 Å². The summed E-state index contributed by atoms with van der Waals surface area (Å²) in [5.74, 6) is 1.98. The summed E-state index contributed by atoms with van der Waals surface area (Å²) in [6, 6.07) is 37.3. The zero-order chi connectivity index (χ0) is 41.4. The van der Waals surface area contributed by atoms with Crippen LogP contribution in [0.2, 0.25) is 0 Å². The van der Waals surface area contributed by atoms with Gasteiger partial charge in [-0.3, -0.25) is 15.0 Å². The number of hydrogen-bond donors (Lipinski definition) is 3. The lowest BCUT2D eigenvalue weighted by Crippen LogP contribution is -2.41. The predicted molar refractivity (Wildman–Crippen MR) is 233 cm³/mol. The Morgan fingerprint density at radius 2 is 1.62 bits per heavy atom. The van der Waals surface area contributed by atoms with Gasteiger partial charge in [0.1, 0.15) is 17.3 Å². The maximum absolute atomic E-state index is 13.6. The minimum Gasteiger partial charge on any atom is -0.497 e. The van der Waals surface area contributed by atoms with Crippen LogP contribution in [0.3, 0.4) is 0 Å². The number of carbonyl (C=O) groups is 2. The van der Waals surface area contributed by atoms with E-state index in [1.165, 1.54) is 0 Å². The van der Waals surface area contributed by atoms with Crippen LogP contribution in [0.25, 0.3) is 27.7 Å². The summed E-state index contributed by atoms with van der Waals surface area (Å²) in [4.78, 5) is 40.1. The molecular weight excluding hydrogens is 759 g/mol. The van der Waals surface area contributed by atoms with Crippen molar-refractivity contribution in [2.75, 3.05) is 69.5 Å². The molecule has 0 radical (unpaired) electrons. The number of anilines is 4. The van der Waals surface area contributed by atoms with E-state index >= 15 is 0 Å². The van der Waals surface area contributed by atoms with Crippen LogP contribution < -0.4 is 25.4 Å². The standard InChI is InChI=1S/C46H45N9O5/c1-31-13-15-35(16-14-31)55-42(30-40(52-55)32-9-5-4-6-10-32)50-46(57)49-39-17-18-41(38-12-8-7-11-37(38)39)60-43-19-20-47-45(51-43)48-34-27-33(28-36(29-34)58-3)44(56)53(2)21-22-54-23-25-59-26-24-54/h4-20,27-30H,21-26H2,1-3H3,(H,47,48,51)(H2,49,50,57). The van der Waals surface area contributed by atoms with E-state index in [0.717, 1.165) is 52.9 Å². The molecule has 7 aromatic rings. The number of hydrogen-bond acceptors (Lipinski definition) is 10. The van der Waals surface area contributed by atoms with Gasteiger partial charge < -0.3 is 29.7 Å². The molecule has 1 aliphatic rings. The molecule has 0 unspecified atom stereocenters. The summed E-state index contributed by atoms with van der Waals surface area (Å²) in [5, 5.41) is 15.6. The number of benzene rings is 5. The second-order valence-corrected chi connectivity index (χ2v) is 14.3. The number of aryl methyl sites for hydroxylation is 1. The maximum atomic E-state index is 13.6. The first-order valence-corrected chi connectivity index (χ1v) is 19.6. The molecule has 1 aliphatic heterocycles. The third kappa shape index (κ3) is 9.36. The number of methoxy groups -OCH3 is 1. The van der Waals surface area contributed by atoms with Gasteiger partial charge in [-0.25, -0.2) is 14.5 Å².